The normalized spacial score (nSPS) is 10.0. The van der Waals surface area contributed by atoms with E-state index >= 15 is 0 Å². The molecule has 0 atom stereocenters. The van der Waals surface area contributed by atoms with Crippen LogP contribution in [-0.2, 0) is 16.6 Å². The molecule has 2 aromatic rings. The molecule has 0 saturated heterocycles. The molecule has 19 heavy (non-hydrogen) atoms. The predicted molar refractivity (Wildman–Crippen MR) is 74.6 cm³/mol. The number of aromatic nitrogens is 2. The molecular formula is C14H15N2O2S+. The smallest absolute Gasteiger partial charge is 0.317 e. The number of hydrogen-bond acceptors (Lipinski definition) is 3. The van der Waals surface area contributed by atoms with Crippen molar-refractivity contribution in [1.29, 1.82) is 0 Å². The van der Waals surface area contributed by atoms with E-state index in [1.54, 1.807) is 11.8 Å². The first-order chi connectivity index (χ1) is 9.18. The third kappa shape index (κ3) is 3.52. The fraction of sp³-hybridized carbons (Fsp3) is 0.286. The summed E-state index contributed by atoms with van der Waals surface area (Å²) in [6, 6.07) is 8.14. The lowest BCUT2D eigenvalue weighted by Gasteiger charge is -1.92. The predicted octanol–water partition coefficient (Wildman–Crippen LogP) is 1.65. The summed E-state index contributed by atoms with van der Waals surface area (Å²) in [7, 11) is 2.02. The minimum atomic E-state index is -0.302. The summed E-state index contributed by atoms with van der Waals surface area (Å²) < 4.78 is 6.84. The van der Waals surface area contributed by atoms with E-state index in [1.165, 1.54) is 6.92 Å². The van der Waals surface area contributed by atoms with Gasteiger partial charge in [-0.05, 0) is 23.9 Å². The van der Waals surface area contributed by atoms with Crippen LogP contribution >= 0.6 is 11.8 Å². The molecule has 0 spiro atoms. The van der Waals surface area contributed by atoms with Crippen LogP contribution in [0, 0.1) is 11.8 Å². The molecule has 2 rings (SSSR count). The van der Waals surface area contributed by atoms with Crippen molar-refractivity contribution >= 4 is 28.8 Å². The Morgan fingerprint density at radius 2 is 2.21 bits per heavy atom. The lowest BCUT2D eigenvalue weighted by atomic mass is 10.3. The number of carbonyl (C=O) groups is 1. The number of carbonyl (C=O) groups excluding carboxylic acids is 1. The van der Waals surface area contributed by atoms with Crippen molar-refractivity contribution in [2.45, 2.75) is 12.1 Å². The molecule has 0 saturated carbocycles. The Balaban J connectivity index is 1.95. The van der Waals surface area contributed by atoms with Gasteiger partial charge in [0.25, 0.3) is 0 Å². The number of aryl methyl sites for hydroxylation is 1. The molecule has 0 radical (unpaired) electrons. The SMILES string of the molecule is CC(=O)OCC#CCSc1[nH]c2ccccc2[n+]1C. The number of rotatable bonds is 3. The van der Waals surface area contributed by atoms with Crippen LogP contribution in [0.4, 0.5) is 0 Å². The van der Waals surface area contributed by atoms with E-state index in [1.807, 2.05) is 25.2 Å². The highest BCUT2D eigenvalue weighted by atomic mass is 32.2. The molecule has 1 aromatic heterocycles. The van der Waals surface area contributed by atoms with E-state index in [4.69, 9.17) is 4.74 Å². The highest BCUT2D eigenvalue weighted by molar-refractivity contribution is 7.99. The molecule has 5 heteroatoms. The fourth-order valence-electron chi connectivity index (χ4n) is 1.66. The summed E-state index contributed by atoms with van der Waals surface area (Å²) in [5, 5.41) is 1.06. The third-order valence-electron chi connectivity index (χ3n) is 2.57. The summed E-state index contributed by atoms with van der Waals surface area (Å²) in [6.07, 6.45) is 0. The summed E-state index contributed by atoms with van der Waals surface area (Å²) in [4.78, 5) is 13.9. The number of imidazole rings is 1. The van der Waals surface area contributed by atoms with Crippen molar-refractivity contribution < 1.29 is 14.1 Å². The Bertz CT molecular complexity index is 652. The zero-order valence-electron chi connectivity index (χ0n) is 10.9. The highest BCUT2D eigenvalue weighted by Gasteiger charge is 2.13. The largest absolute Gasteiger partial charge is 0.453 e. The summed E-state index contributed by atoms with van der Waals surface area (Å²) in [5.74, 6) is 6.12. The number of aromatic amines is 1. The summed E-state index contributed by atoms with van der Waals surface area (Å²) in [5.41, 5.74) is 2.28. The van der Waals surface area contributed by atoms with Crippen LogP contribution in [0.25, 0.3) is 11.0 Å². The molecule has 4 nitrogen and oxygen atoms in total. The number of nitrogens with one attached hydrogen (secondary N) is 1. The number of nitrogens with zero attached hydrogens (tertiary/aromatic N) is 1. The average molecular weight is 275 g/mol. The zero-order valence-corrected chi connectivity index (χ0v) is 11.7. The number of para-hydroxylation sites is 2. The topological polar surface area (TPSA) is 46.0 Å². The first-order valence-corrected chi connectivity index (χ1v) is 6.85. The van der Waals surface area contributed by atoms with E-state index in [2.05, 4.69) is 27.5 Å². The van der Waals surface area contributed by atoms with Crippen LogP contribution in [0.1, 0.15) is 6.92 Å². The second kappa shape index (κ2) is 6.30. The summed E-state index contributed by atoms with van der Waals surface area (Å²) in [6.45, 7) is 1.54. The van der Waals surface area contributed by atoms with E-state index in [9.17, 15) is 4.79 Å². The number of ether oxygens (including phenoxy) is 1. The number of esters is 1. The van der Waals surface area contributed by atoms with Crippen LogP contribution < -0.4 is 4.57 Å². The van der Waals surface area contributed by atoms with Crippen molar-refractivity contribution in [3.8, 4) is 11.8 Å². The van der Waals surface area contributed by atoms with Crippen molar-refractivity contribution in [2.75, 3.05) is 12.4 Å². The second-order valence-electron chi connectivity index (χ2n) is 3.93. The monoisotopic (exact) mass is 275 g/mol. The average Bonchev–Trinajstić information content (AvgIpc) is 2.71. The van der Waals surface area contributed by atoms with Crippen LogP contribution in [0.5, 0.6) is 0 Å². The lowest BCUT2D eigenvalue weighted by Crippen LogP contribution is -2.28. The maximum Gasteiger partial charge on any atom is 0.317 e. The van der Waals surface area contributed by atoms with Gasteiger partial charge < -0.3 is 4.74 Å². The van der Waals surface area contributed by atoms with Gasteiger partial charge in [0.2, 0.25) is 0 Å². The first-order valence-electron chi connectivity index (χ1n) is 5.87. The Hall–Kier alpha value is -1.93. The first kappa shape index (κ1) is 13.5. The van der Waals surface area contributed by atoms with Crippen molar-refractivity contribution in [3.63, 3.8) is 0 Å². The quantitative estimate of drug-likeness (QED) is 0.401. The van der Waals surface area contributed by atoms with Crippen molar-refractivity contribution in [3.05, 3.63) is 24.3 Å². The maximum absolute atomic E-state index is 10.5. The molecule has 0 aliphatic rings. The van der Waals surface area contributed by atoms with Crippen LogP contribution in [0.15, 0.2) is 29.4 Å². The maximum atomic E-state index is 10.5. The number of fused-ring (bicyclic) bond motifs is 1. The highest BCUT2D eigenvalue weighted by Crippen LogP contribution is 2.16. The lowest BCUT2D eigenvalue weighted by molar-refractivity contribution is -0.683. The minimum absolute atomic E-state index is 0.161. The molecule has 1 aromatic carbocycles. The van der Waals surface area contributed by atoms with Gasteiger partial charge >= 0.3 is 11.1 Å². The molecule has 0 amide bonds. The van der Waals surface area contributed by atoms with Crippen molar-refractivity contribution in [2.24, 2.45) is 7.05 Å². The molecule has 0 aliphatic carbocycles. The Labute approximate surface area is 116 Å². The molecule has 1 heterocycles. The Morgan fingerprint density at radius 1 is 1.42 bits per heavy atom. The molecular weight excluding hydrogens is 260 g/mol. The Kier molecular flexibility index (Phi) is 4.48. The van der Waals surface area contributed by atoms with Gasteiger partial charge in [0.1, 0.15) is 0 Å². The van der Waals surface area contributed by atoms with Gasteiger partial charge in [-0.1, -0.05) is 24.0 Å². The molecule has 0 aliphatic heterocycles. The van der Waals surface area contributed by atoms with Gasteiger partial charge in [-0.3, -0.25) is 4.79 Å². The van der Waals surface area contributed by atoms with Gasteiger partial charge in [0.05, 0.1) is 12.8 Å². The van der Waals surface area contributed by atoms with E-state index in [0.717, 1.165) is 16.2 Å². The molecule has 98 valence electrons. The molecule has 1 N–H and O–H groups in total. The van der Waals surface area contributed by atoms with Crippen LogP contribution in [0.3, 0.4) is 0 Å². The van der Waals surface area contributed by atoms with Gasteiger partial charge in [-0.2, -0.15) is 0 Å². The number of hydrogen-bond donors (Lipinski definition) is 1. The fourth-order valence-corrected chi connectivity index (χ4v) is 2.44. The van der Waals surface area contributed by atoms with Gasteiger partial charge in [0.15, 0.2) is 17.6 Å². The summed E-state index contributed by atoms with van der Waals surface area (Å²) >= 11 is 1.62. The number of H-pyrrole nitrogens is 1. The molecule has 0 bridgehead atoms. The zero-order chi connectivity index (χ0) is 13.7. The van der Waals surface area contributed by atoms with Crippen LogP contribution in [0.2, 0.25) is 0 Å². The van der Waals surface area contributed by atoms with Gasteiger partial charge in [-0.25, -0.2) is 9.55 Å². The van der Waals surface area contributed by atoms with E-state index in [0.29, 0.717) is 5.75 Å². The van der Waals surface area contributed by atoms with Gasteiger partial charge in [0, 0.05) is 6.92 Å². The minimum Gasteiger partial charge on any atom is -0.453 e. The van der Waals surface area contributed by atoms with Gasteiger partial charge in [-0.15, -0.1) is 0 Å². The third-order valence-corrected chi connectivity index (χ3v) is 3.50. The number of thioether (sulfide) groups is 1. The standard InChI is InChI=1S/C14H14N2O2S/c1-11(17)18-9-5-6-10-19-14-15-12-7-3-4-8-13(12)16(14)2/h3-4,7-8H,9-10H2,1-2H3/p+1. The molecule has 0 unspecified atom stereocenters. The van der Waals surface area contributed by atoms with Crippen LogP contribution in [-0.4, -0.2) is 23.3 Å². The van der Waals surface area contributed by atoms with E-state index < -0.39 is 0 Å². The second-order valence-corrected chi connectivity index (χ2v) is 4.89. The van der Waals surface area contributed by atoms with Crippen molar-refractivity contribution in [1.82, 2.24) is 4.98 Å². The number of benzene rings is 1. The Morgan fingerprint density at radius 3 is 2.95 bits per heavy atom. The molecule has 0 fully saturated rings. The van der Waals surface area contributed by atoms with E-state index in [-0.39, 0.29) is 12.6 Å².